The molecular weight excluding hydrogens is 367 g/mol. The molecule has 0 saturated carbocycles. The summed E-state index contributed by atoms with van der Waals surface area (Å²) in [7, 11) is -3.35. The highest BCUT2D eigenvalue weighted by Gasteiger charge is 2.27. The van der Waals surface area contributed by atoms with E-state index < -0.39 is 10.0 Å². The Labute approximate surface area is 159 Å². The second-order valence-corrected chi connectivity index (χ2v) is 8.86. The molecule has 1 fully saturated rings. The summed E-state index contributed by atoms with van der Waals surface area (Å²) in [6.07, 6.45) is 1.46. The van der Waals surface area contributed by atoms with Crippen LogP contribution in [0.15, 0.2) is 42.5 Å². The van der Waals surface area contributed by atoms with Gasteiger partial charge < -0.3 is 5.32 Å². The molecule has 7 heteroatoms. The second-order valence-electron chi connectivity index (χ2n) is 6.84. The van der Waals surface area contributed by atoms with Gasteiger partial charge in [0, 0.05) is 12.1 Å². The third-order valence-corrected chi connectivity index (χ3v) is 6.66. The van der Waals surface area contributed by atoms with Gasteiger partial charge in [-0.1, -0.05) is 18.2 Å². The summed E-state index contributed by atoms with van der Waals surface area (Å²) < 4.78 is 39.3. The number of nitrogens with zero attached hydrogens (tertiary/aromatic N) is 1. The van der Waals surface area contributed by atoms with Crippen LogP contribution in [0.2, 0.25) is 0 Å². The maximum Gasteiger partial charge on any atom is 0.251 e. The van der Waals surface area contributed by atoms with Crippen molar-refractivity contribution in [2.45, 2.75) is 32.7 Å². The number of sulfonamides is 1. The van der Waals surface area contributed by atoms with E-state index in [0.29, 0.717) is 24.2 Å². The Kier molecular flexibility index (Phi) is 5.51. The minimum absolute atomic E-state index is 0.129. The molecule has 0 unspecified atom stereocenters. The Morgan fingerprint density at radius 3 is 2.52 bits per heavy atom. The molecule has 1 atom stereocenters. The van der Waals surface area contributed by atoms with E-state index in [2.05, 4.69) is 5.32 Å². The highest BCUT2D eigenvalue weighted by Crippen LogP contribution is 2.28. The molecule has 1 N–H and O–H groups in total. The van der Waals surface area contributed by atoms with Crippen LogP contribution in [0.5, 0.6) is 0 Å². The first kappa shape index (κ1) is 19.4. The molecule has 0 aromatic heterocycles. The lowest BCUT2D eigenvalue weighted by Crippen LogP contribution is -2.38. The van der Waals surface area contributed by atoms with Crippen LogP contribution in [0.25, 0.3) is 0 Å². The molecule has 2 aromatic rings. The molecule has 3 rings (SSSR count). The minimum atomic E-state index is -3.35. The van der Waals surface area contributed by atoms with E-state index in [0.717, 1.165) is 17.5 Å². The molecule has 144 valence electrons. The predicted molar refractivity (Wildman–Crippen MR) is 104 cm³/mol. The number of halogens is 1. The molecule has 5 nitrogen and oxygen atoms in total. The van der Waals surface area contributed by atoms with Gasteiger partial charge in [-0.05, 0) is 62.1 Å². The van der Waals surface area contributed by atoms with Gasteiger partial charge >= 0.3 is 0 Å². The van der Waals surface area contributed by atoms with Gasteiger partial charge in [0.1, 0.15) is 5.82 Å². The predicted octanol–water partition coefficient (Wildman–Crippen LogP) is 3.56. The second kappa shape index (κ2) is 7.68. The van der Waals surface area contributed by atoms with Gasteiger partial charge in [0.15, 0.2) is 0 Å². The smallest absolute Gasteiger partial charge is 0.251 e. The van der Waals surface area contributed by atoms with E-state index in [4.69, 9.17) is 0 Å². The normalized spacial score (nSPS) is 17.4. The van der Waals surface area contributed by atoms with Crippen LogP contribution in [0.4, 0.5) is 10.1 Å². The number of carbonyl (C=O) groups is 1. The molecule has 0 spiro atoms. The first-order valence-corrected chi connectivity index (χ1v) is 10.6. The number of aryl methyl sites for hydroxylation is 1. The third-order valence-electron chi connectivity index (χ3n) is 4.81. The lowest BCUT2D eigenvalue weighted by atomic mass is 10.1. The molecule has 1 aliphatic heterocycles. The summed E-state index contributed by atoms with van der Waals surface area (Å²) in [5.74, 6) is -0.504. The number of hydrogen-bond donors (Lipinski definition) is 1. The highest BCUT2D eigenvalue weighted by atomic mass is 32.2. The maximum atomic E-state index is 13.1. The fourth-order valence-electron chi connectivity index (χ4n) is 3.19. The lowest BCUT2D eigenvalue weighted by Gasteiger charge is -2.29. The van der Waals surface area contributed by atoms with Gasteiger partial charge in [-0.15, -0.1) is 0 Å². The Morgan fingerprint density at radius 1 is 1.15 bits per heavy atom. The molecular formula is C20H23FN2O3S. The minimum Gasteiger partial charge on any atom is -0.346 e. The summed E-state index contributed by atoms with van der Waals surface area (Å²) in [5, 5.41) is 2.87. The number of anilines is 1. The molecule has 0 bridgehead atoms. The third kappa shape index (κ3) is 4.30. The average molecular weight is 390 g/mol. The first-order valence-electron chi connectivity index (χ1n) is 8.95. The fourth-order valence-corrected chi connectivity index (χ4v) is 4.89. The SMILES string of the molecule is Cc1ccc(C(=O)N[C@@H](C)c2ccc(F)cc2)cc1N1CCCCS1(=O)=O. The Bertz CT molecular complexity index is 942. The van der Waals surface area contributed by atoms with E-state index in [9.17, 15) is 17.6 Å². The van der Waals surface area contributed by atoms with Gasteiger partial charge in [-0.3, -0.25) is 9.10 Å². The molecule has 1 aliphatic rings. The van der Waals surface area contributed by atoms with Crippen molar-refractivity contribution in [2.75, 3.05) is 16.6 Å². The first-order chi connectivity index (χ1) is 12.8. The zero-order valence-corrected chi connectivity index (χ0v) is 16.2. The van der Waals surface area contributed by atoms with Gasteiger partial charge in [0.2, 0.25) is 10.0 Å². The summed E-state index contributed by atoms with van der Waals surface area (Å²) in [4.78, 5) is 12.6. The van der Waals surface area contributed by atoms with Crippen molar-refractivity contribution < 1.29 is 17.6 Å². The van der Waals surface area contributed by atoms with Crippen LogP contribution in [0.1, 0.15) is 47.3 Å². The van der Waals surface area contributed by atoms with E-state index in [1.807, 2.05) is 13.8 Å². The number of carbonyl (C=O) groups excluding carboxylic acids is 1. The van der Waals surface area contributed by atoms with Crippen molar-refractivity contribution in [3.05, 3.63) is 65.0 Å². The number of nitrogens with one attached hydrogen (secondary N) is 1. The Morgan fingerprint density at radius 2 is 1.85 bits per heavy atom. The molecule has 1 amide bonds. The van der Waals surface area contributed by atoms with Crippen LogP contribution in [0, 0.1) is 12.7 Å². The van der Waals surface area contributed by atoms with Crippen LogP contribution < -0.4 is 9.62 Å². The average Bonchev–Trinajstić information content (AvgIpc) is 2.62. The van der Waals surface area contributed by atoms with Gasteiger partial charge in [-0.2, -0.15) is 0 Å². The van der Waals surface area contributed by atoms with Crippen LogP contribution in [-0.2, 0) is 10.0 Å². The van der Waals surface area contributed by atoms with Crippen molar-refractivity contribution in [3.8, 4) is 0 Å². The summed E-state index contributed by atoms with van der Waals surface area (Å²) in [5.41, 5.74) is 2.54. The summed E-state index contributed by atoms with van der Waals surface area (Å²) in [6, 6.07) is 10.7. The Hall–Kier alpha value is -2.41. The number of amides is 1. The van der Waals surface area contributed by atoms with Crippen molar-refractivity contribution in [2.24, 2.45) is 0 Å². The monoisotopic (exact) mass is 390 g/mol. The van der Waals surface area contributed by atoms with Gasteiger partial charge in [0.25, 0.3) is 5.91 Å². The van der Waals surface area contributed by atoms with Crippen LogP contribution >= 0.6 is 0 Å². The van der Waals surface area contributed by atoms with E-state index in [1.165, 1.54) is 16.4 Å². The van der Waals surface area contributed by atoms with Crippen molar-refractivity contribution in [3.63, 3.8) is 0 Å². The number of benzene rings is 2. The van der Waals surface area contributed by atoms with E-state index in [-0.39, 0.29) is 23.5 Å². The van der Waals surface area contributed by atoms with Gasteiger partial charge in [0.05, 0.1) is 17.5 Å². The maximum absolute atomic E-state index is 13.1. The fraction of sp³-hybridized carbons (Fsp3) is 0.350. The Balaban J connectivity index is 1.82. The van der Waals surface area contributed by atoms with E-state index in [1.54, 1.807) is 30.3 Å². The quantitative estimate of drug-likeness (QED) is 0.868. The zero-order valence-electron chi connectivity index (χ0n) is 15.4. The van der Waals surface area contributed by atoms with E-state index >= 15 is 0 Å². The molecule has 0 aliphatic carbocycles. The number of hydrogen-bond acceptors (Lipinski definition) is 3. The lowest BCUT2D eigenvalue weighted by molar-refractivity contribution is 0.0940. The highest BCUT2D eigenvalue weighted by molar-refractivity contribution is 7.92. The number of rotatable bonds is 4. The van der Waals surface area contributed by atoms with Crippen molar-refractivity contribution in [1.29, 1.82) is 0 Å². The molecule has 1 saturated heterocycles. The largest absolute Gasteiger partial charge is 0.346 e. The standard InChI is InChI=1S/C20H23FN2O3S/c1-14-5-6-17(13-19(14)23-11-3-4-12-27(23,25)26)20(24)22-15(2)16-7-9-18(21)10-8-16/h5-10,13,15H,3-4,11-12H2,1-2H3,(H,22,24)/t15-/m0/s1. The van der Waals surface area contributed by atoms with Crippen LogP contribution in [-0.4, -0.2) is 26.6 Å². The molecule has 2 aromatic carbocycles. The van der Waals surface area contributed by atoms with Gasteiger partial charge in [-0.25, -0.2) is 12.8 Å². The van der Waals surface area contributed by atoms with Crippen LogP contribution in [0.3, 0.4) is 0 Å². The summed E-state index contributed by atoms with van der Waals surface area (Å²) >= 11 is 0. The molecule has 27 heavy (non-hydrogen) atoms. The van der Waals surface area contributed by atoms with Crippen molar-refractivity contribution in [1.82, 2.24) is 5.32 Å². The topological polar surface area (TPSA) is 66.5 Å². The van der Waals surface area contributed by atoms with Crippen molar-refractivity contribution >= 4 is 21.6 Å². The zero-order chi connectivity index (χ0) is 19.6. The molecule has 0 radical (unpaired) electrons. The molecule has 1 heterocycles. The summed E-state index contributed by atoms with van der Waals surface area (Å²) in [6.45, 7) is 4.08.